The molecule has 1 atom stereocenters. The Hall–Kier alpha value is -0.900. The lowest BCUT2D eigenvalue weighted by Gasteiger charge is -2.23. The molecule has 2 nitrogen and oxygen atoms in total. The van der Waals surface area contributed by atoms with Crippen LogP contribution in [0.25, 0.3) is 0 Å². The Kier molecular flexibility index (Phi) is 4.93. The molecule has 1 aromatic rings. The lowest BCUT2D eigenvalue weighted by molar-refractivity contribution is -0.130. The molecule has 1 unspecified atom stereocenters. The Morgan fingerprint density at radius 1 is 1.50 bits per heavy atom. The van der Waals surface area contributed by atoms with E-state index in [1.165, 1.54) is 6.07 Å². The number of carbonyl (C=O) groups is 1. The summed E-state index contributed by atoms with van der Waals surface area (Å²) in [5, 5.41) is 0.715. The summed E-state index contributed by atoms with van der Waals surface area (Å²) in [5.74, 6) is -0.396. The van der Waals surface area contributed by atoms with Crippen molar-refractivity contribution in [2.45, 2.75) is 19.4 Å². The predicted molar refractivity (Wildman–Crippen MR) is 66.1 cm³/mol. The number of likely N-dealkylation sites (N-methyl/N-ethyl adjacent to an activating group) is 1. The number of halogens is 2. The van der Waals surface area contributed by atoms with Crippen LogP contribution in [0.4, 0.5) is 4.39 Å². The van der Waals surface area contributed by atoms with E-state index in [4.69, 9.17) is 0 Å². The highest BCUT2D eigenvalue weighted by Gasteiger charge is 2.16. The van der Waals surface area contributed by atoms with Crippen LogP contribution < -0.4 is 0 Å². The van der Waals surface area contributed by atoms with Crippen molar-refractivity contribution in [2.24, 2.45) is 0 Å². The number of rotatable bonds is 4. The minimum Gasteiger partial charge on any atom is -0.342 e. The van der Waals surface area contributed by atoms with Gasteiger partial charge in [0.1, 0.15) is 5.82 Å². The van der Waals surface area contributed by atoms with Gasteiger partial charge < -0.3 is 4.90 Å². The van der Waals surface area contributed by atoms with Crippen LogP contribution in [0.3, 0.4) is 0 Å². The first-order chi connectivity index (χ1) is 7.56. The Bertz CT molecular complexity index is 370. The van der Waals surface area contributed by atoms with E-state index in [9.17, 15) is 9.18 Å². The fraction of sp³-hybridized carbons (Fsp3) is 0.417. The second kappa shape index (κ2) is 5.99. The Labute approximate surface area is 104 Å². The second-order valence-corrected chi connectivity index (χ2v) is 4.42. The number of nitrogens with zero attached hydrogens (tertiary/aromatic N) is 1. The normalized spacial score (nSPS) is 12.2. The van der Waals surface area contributed by atoms with Crippen LogP contribution in [0.2, 0.25) is 0 Å². The van der Waals surface area contributed by atoms with Gasteiger partial charge in [0.05, 0.1) is 6.42 Å². The minimum atomic E-state index is -0.323. The van der Waals surface area contributed by atoms with Crippen molar-refractivity contribution in [1.82, 2.24) is 4.90 Å². The van der Waals surface area contributed by atoms with Gasteiger partial charge in [0.25, 0.3) is 0 Å². The zero-order valence-electron chi connectivity index (χ0n) is 9.41. The Morgan fingerprint density at radius 2 is 2.12 bits per heavy atom. The van der Waals surface area contributed by atoms with Crippen LogP contribution in [-0.2, 0) is 11.2 Å². The summed E-state index contributed by atoms with van der Waals surface area (Å²) in [6.45, 7) is 1.94. The average molecular weight is 288 g/mol. The van der Waals surface area contributed by atoms with E-state index in [2.05, 4.69) is 15.9 Å². The van der Waals surface area contributed by atoms with Crippen molar-refractivity contribution in [3.8, 4) is 0 Å². The van der Waals surface area contributed by atoms with Gasteiger partial charge >= 0.3 is 0 Å². The number of alkyl halides is 1. The van der Waals surface area contributed by atoms with Gasteiger partial charge in [-0.2, -0.15) is 0 Å². The Morgan fingerprint density at radius 3 is 2.69 bits per heavy atom. The van der Waals surface area contributed by atoms with Crippen molar-refractivity contribution in [1.29, 1.82) is 0 Å². The number of benzene rings is 1. The standard InChI is InChI=1S/C12H15BrFNO/c1-9(8-13)15(2)12(16)7-10-5-3-4-6-11(10)14/h3-6,9H,7-8H2,1-2H3. The fourth-order valence-electron chi connectivity index (χ4n) is 1.28. The smallest absolute Gasteiger partial charge is 0.227 e. The van der Waals surface area contributed by atoms with Gasteiger partial charge in [0, 0.05) is 18.4 Å². The van der Waals surface area contributed by atoms with Gasteiger partial charge in [-0.15, -0.1) is 0 Å². The van der Waals surface area contributed by atoms with E-state index < -0.39 is 0 Å². The van der Waals surface area contributed by atoms with Gasteiger partial charge in [0.2, 0.25) is 5.91 Å². The largest absolute Gasteiger partial charge is 0.342 e. The van der Waals surface area contributed by atoms with Crippen molar-refractivity contribution in [3.05, 3.63) is 35.6 Å². The molecule has 88 valence electrons. The summed E-state index contributed by atoms with van der Waals surface area (Å²) in [6.07, 6.45) is 0.112. The Balaban J connectivity index is 2.68. The van der Waals surface area contributed by atoms with E-state index in [1.54, 1.807) is 30.1 Å². The molecule has 1 aromatic carbocycles. The second-order valence-electron chi connectivity index (χ2n) is 3.78. The molecule has 0 radical (unpaired) electrons. The molecular formula is C12H15BrFNO. The topological polar surface area (TPSA) is 20.3 Å². The van der Waals surface area contributed by atoms with Gasteiger partial charge in [-0.05, 0) is 18.6 Å². The summed E-state index contributed by atoms with van der Waals surface area (Å²) < 4.78 is 13.3. The molecule has 0 aliphatic carbocycles. The molecule has 0 N–H and O–H groups in total. The highest BCUT2D eigenvalue weighted by Crippen LogP contribution is 2.10. The molecular weight excluding hydrogens is 273 g/mol. The van der Waals surface area contributed by atoms with Crippen LogP contribution in [0.15, 0.2) is 24.3 Å². The van der Waals surface area contributed by atoms with Crippen molar-refractivity contribution in [2.75, 3.05) is 12.4 Å². The molecule has 0 aliphatic rings. The molecule has 0 spiro atoms. The van der Waals surface area contributed by atoms with Crippen LogP contribution in [-0.4, -0.2) is 29.2 Å². The molecule has 1 rings (SSSR count). The van der Waals surface area contributed by atoms with Gasteiger partial charge in [-0.3, -0.25) is 4.79 Å². The van der Waals surface area contributed by atoms with Gasteiger partial charge in [0.15, 0.2) is 0 Å². The van der Waals surface area contributed by atoms with E-state index in [0.717, 1.165) is 0 Å². The first-order valence-electron chi connectivity index (χ1n) is 5.11. The molecule has 0 heterocycles. The van der Waals surface area contributed by atoms with E-state index in [1.807, 2.05) is 6.92 Å². The molecule has 16 heavy (non-hydrogen) atoms. The van der Waals surface area contributed by atoms with Crippen molar-refractivity contribution >= 4 is 21.8 Å². The molecule has 0 aromatic heterocycles. The average Bonchev–Trinajstić information content (AvgIpc) is 2.30. The number of hydrogen-bond donors (Lipinski definition) is 0. The first-order valence-corrected chi connectivity index (χ1v) is 6.23. The molecule has 0 bridgehead atoms. The van der Waals surface area contributed by atoms with E-state index in [-0.39, 0.29) is 24.2 Å². The predicted octanol–water partition coefficient (Wildman–Crippen LogP) is 2.61. The highest BCUT2D eigenvalue weighted by atomic mass is 79.9. The summed E-state index contributed by atoms with van der Waals surface area (Å²) in [7, 11) is 1.73. The molecule has 0 aliphatic heterocycles. The third-order valence-corrected chi connectivity index (χ3v) is 3.51. The first kappa shape index (κ1) is 13.2. The zero-order chi connectivity index (χ0) is 12.1. The lowest BCUT2D eigenvalue weighted by Crippen LogP contribution is -2.37. The maximum Gasteiger partial charge on any atom is 0.227 e. The fourth-order valence-corrected chi connectivity index (χ4v) is 1.71. The lowest BCUT2D eigenvalue weighted by atomic mass is 10.1. The molecule has 0 saturated heterocycles. The van der Waals surface area contributed by atoms with Crippen LogP contribution >= 0.6 is 15.9 Å². The molecule has 1 amide bonds. The van der Waals surface area contributed by atoms with Gasteiger partial charge in [-0.25, -0.2) is 4.39 Å². The highest BCUT2D eigenvalue weighted by molar-refractivity contribution is 9.09. The monoisotopic (exact) mass is 287 g/mol. The van der Waals surface area contributed by atoms with Crippen LogP contribution in [0.5, 0.6) is 0 Å². The SMILES string of the molecule is CC(CBr)N(C)C(=O)Cc1ccccc1F. The van der Waals surface area contributed by atoms with E-state index >= 15 is 0 Å². The summed E-state index contributed by atoms with van der Waals surface area (Å²) in [5.41, 5.74) is 0.445. The third-order valence-electron chi connectivity index (χ3n) is 2.58. The maximum atomic E-state index is 13.3. The molecule has 0 saturated carbocycles. The summed E-state index contributed by atoms with van der Waals surface area (Å²) >= 11 is 3.32. The third kappa shape index (κ3) is 3.30. The number of hydrogen-bond acceptors (Lipinski definition) is 1. The number of carbonyl (C=O) groups excluding carboxylic acids is 1. The van der Waals surface area contributed by atoms with Crippen LogP contribution in [0.1, 0.15) is 12.5 Å². The van der Waals surface area contributed by atoms with Gasteiger partial charge in [-0.1, -0.05) is 34.1 Å². The maximum absolute atomic E-state index is 13.3. The zero-order valence-corrected chi connectivity index (χ0v) is 11.0. The van der Waals surface area contributed by atoms with Crippen molar-refractivity contribution in [3.63, 3.8) is 0 Å². The van der Waals surface area contributed by atoms with Crippen molar-refractivity contribution < 1.29 is 9.18 Å². The quantitative estimate of drug-likeness (QED) is 0.780. The number of amides is 1. The molecule has 4 heteroatoms. The summed E-state index contributed by atoms with van der Waals surface area (Å²) in [4.78, 5) is 13.4. The van der Waals surface area contributed by atoms with E-state index in [0.29, 0.717) is 10.9 Å². The molecule has 0 fully saturated rings. The van der Waals surface area contributed by atoms with Crippen LogP contribution in [0, 0.1) is 5.82 Å². The summed E-state index contributed by atoms with van der Waals surface area (Å²) in [6, 6.07) is 6.48. The minimum absolute atomic E-state index is 0.0722.